The summed E-state index contributed by atoms with van der Waals surface area (Å²) in [4.78, 5) is 28.8. The van der Waals surface area contributed by atoms with Crippen LogP contribution in [0.5, 0.6) is 0 Å². The fraction of sp³-hybridized carbons (Fsp3) is 0.722. The van der Waals surface area contributed by atoms with Gasteiger partial charge in [0.25, 0.3) is 0 Å². The normalized spacial score (nSPS) is 23.7. The van der Waals surface area contributed by atoms with E-state index in [-0.39, 0.29) is 24.3 Å². The van der Waals surface area contributed by atoms with Crippen LogP contribution in [0.15, 0.2) is 10.6 Å². The predicted molar refractivity (Wildman–Crippen MR) is 90.9 cm³/mol. The first kappa shape index (κ1) is 17.9. The number of likely N-dealkylation sites (tertiary alicyclic amines) is 2. The number of fused-ring (bicyclic) bond motifs is 1. The van der Waals surface area contributed by atoms with E-state index in [0.717, 1.165) is 38.0 Å². The largest absolute Gasteiger partial charge is 0.385 e. The number of methoxy groups -OCH3 is 1. The second kappa shape index (κ2) is 7.99. The highest BCUT2D eigenvalue weighted by molar-refractivity contribution is 5.79. The monoisotopic (exact) mass is 349 g/mol. The number of carbonyl (C=O) groups is 2. The minimum Gasteiger partial charge on any atom is -0.385 e. The molecule has 1 aromatic heterocycles. The molecule has 1 aromatic rings. The van der Waals surface area contributed by atoms with Crippen LogP contribution in [0.25, 0.3) is 0 Å². The Balaban J connectivity index is 1.57. The number of aryl methyl sites for hydroxylation is 1. The van der Waals surface area contributed by atoms with Gasteiger partial charge in [-0.25, -0.2) is 0 Å². The van der Waals surface area contributed by atoms with E-state index in [1.54, 1.807) is 7.11 Å². The fourth-order valence-corrected chi connectivity index (χ4v) is 4.01. The van der Waals surface area contributed by atoms with E-state index in [0.29, 0.717) is 31.3 Å². The van der Waals surface area contributed by atoms with Crippen molar-refractivity contribution in [3.63, 3.8) is 0 Å². The van der Waals surface area contributed by atoms with Crippen LogP contribution in [0, 0.1) is 12.8 Å². The Morgan fingerprint density at radius 2 is 2.28 bits per heavy atom. The molecule has 2 aliphatic rings. The molecule has 2 saturated heterocycles. The first-order valence-electron chi connectivity index (χ1n) is 9.07. The van der Waals surface area contributed by atoms with Gasteiger partial charge in [-0.2, -0.15) is 0 Å². The molecule has 138 valence electrons. The van der Waals surface area contributed by atoms with Gasteiger partial charge in [0.05, 0.1) is 12.1 Å². The zero-order chi connectivity index (χ0) is 17.8. The van der Waals surface area contributed by atoms with E-state index in [1.807, 2.05) is 22.8 Å². The van der Waals surface area contributed by atoms with Crippen LogP contribution < -0.4 is 0 Å². The third-order valence-electron chi connectivity index (χ3n) is 5.25. The number of amides is 2. The molecule has 2 aliphatic heterocycles. The van der Waals surface area contributed by atoms with Crippen molar-refractivity contribution >= 4 is 11.8 Å². The van der Waals surface area contributed by atoms with Crippen molar-refractivity contribution in [3.8, 4) is 0 Å². The SMILES string of the molecule is COCCCN1C(=O)CC[C@H]2CN(C(=O)Cc3cc(C)no3)CC[C@H]21. The van der Waals surface area contributed by atoms with Gasteiger partial charge in [-0.3, -0.25) is 9.59 Å². The third-order valence-corrected chi connectivity index (χ3v) is 5.25. The molecular weight excluding hydrogens is 322 g/mol. The quantitative estimate of drug-likeness (QED) is 0.726. The number of hydrogen-bond donors (Lipinski definition) is 0. The van der Waals surface area contributed by atoms with Crippen molar-refractivity contribution in [3.05, 3.63) is 17.5 Å². The van der Waals surface area contributed by atoms with Crippen molar-refractivity contribution in [2.75, 3.05) is 33.4 Å². The van der Waals surface area contributed by atoms with Gasteiger partial charge in [-0.15, -0.1) is 0 Å². The number of nitrogens with zero attached hydrogens (tertiary/aromatic N) is 3. The summed E-state index contributed by atoms with van der Waals surface area (Å²) >= 11 is 0. The molecule has 0 unspecified atom stereocenters. The van der Waals surface area contributed by atoms with E-state index in [9.17, 15) is 9.59 Å². The van der Waals surface area contributed by atoms with Gasteiger partial charge in [0.1, 0.15) is 5.76 Å². The number of hydrogen-bond acceptors (Lipinski definition) is 5. The Hall–Kier alpha value is -1.89. The summed E-state index contributed by atoms with van der Waals surface area (Å²) in [6.45, 7) is 4.69. The van der Waals surface area contributed by atoms with Crippen LogP contribution in [-0.4, -0.2) is 66.2 Å². The molecule has 0 N–H and O–H groups in total. The molecule has 7 heteroatoms. The topological polar surface area (TPSA) is 75.9 Å². The lowest BCUT2D eigenvalue weighted by atomic mass is 9.83. The summed E-state index contributed by atoms with van der Waals surface area (Å²) in [6, 6.07) is 2.07. The summed E-state index contributed by atoms with van der Waals surface area (Å²) in [5.74, 6) is 1.31. The minimum absolute atomic E-state index is 0.0810. The number of ether oxygens (including phenoxy) is 1. The average Bonchev–Trinajstić information content (AvgIpc) is 3.01. The Bertz CT molecular complexity index is 615. The maximum atomic E-state index is 12.5. The van der Waals surface area contributed by atoms with E-state index < -0.39 is 0 Å². The molecule has 25 heavy (non-hydrogen) atoms. The highest BCUT2D eigenvalue weighted by Crippen LogP contribution is 2.31. The van der Waals surface area contributed by atoms with Gasteiger partial charge in [0.2, 0.25) is 11.8 Å². The maximum absolute atomic E-state index is 12.5. The van der Waals surface area contributed by atoms with E-state index in [1.165, 1.54) is 0 Å². The van der Waals surface area contributed by atoms with Crippen molar-refractivity contribution in [2.24, 2.45) is 5.92 Å². The number of rotatable bonds is 6. The van der Waals surface area contributed by atoms with Gasteiger partial charge < -0.3 is 19.1 Å². The highest BCUT2D eigenvalue weighted by Gasteiger charge is 2.40. The molecule has 0 bridgehead atoms. The van der Waals surface area contributed by atoms with Crippen LogP contribution >= 0.6 is 0 Å². The molecule has 3 rings (SSSR count). The number of piperidine rings is 2. The van der Waals surface area contributed by atoms with Crippen molar-refractivity contribution in [1.29, 1.82) is 0 Å². The summed E-state index contributed by atoms with van der Waals surface area (Å²) in [6.07, 6.45) is 3.42. The predicted octanol–water partition coefficient (Wildman–Crippen LogP) is 1.40. The van der Waals surface area contributed by atoms with Gasteiger partial charge in [-0.1, -0.05) is 5.16 Å². The summed E-state index contributed by atoms with van der Waals surface area (Å²) in [5, 5.41) is 3.83. The molecule has 2 atom stereocenters. The smallest absolute Gasteiger partial charge is 0.230 e. The standard InChI is InChI=1S/C18H27N3O4/c1-13-10-15(25-19-13)11-18(23)20-8-6-16-14(12-20)4-5-17(22)21(16)7-3-9-24-2/h10,14,16H,3-9,11-12H2,1-2H3/t14-,16+/m0/s1. The summed E-state index contributed by atoms with van der Waals surface area (Å²) < 4.78 is 10.3. The molecule has 0 radical (unpaired) electrons. The van der Waals surface area contributed by atoms with Crippen LogP contribution in [0.4, 0.5) is 0 Å². The summed E-state index contributed by atoms with van der Waals surface area (Å²) in [7, 11) is 1.68. The van der Waals surface area contributed by atoms with Crippen LogP contribution in [0.1, 0.15) is 37.1 Å². The lowest BCUT2D eigenvalue weighted by Crippen LogP contribution is -2.57. The molecular formula is C18H27N3O4. The lowest BCUT2D eigenvalue weighted by molar-refractivity contribution is -0.144. The van der Waals surface area contributed by atoms with E-state index in [4.69, 9.17) is 9.26 Å². The summed E-state index contributed by atoms with van der Waals surface area (Å²) in [5.41, 5.74) is 0.791. The molecule has 7 nitrogen and oxygen atoms in total. The van der Waals surface area contributed by atoms with Crippen molar-refractivity contribution in [2.45, 2.75) is 45.1 Å². The number of aromatic nitrogens is 1. The van der Waals surface area contributed by atoms with Crippen molar-refractivity contribution < 1.29 is 18.8 Å². The van der Waals surface area contributed by atoms with Gasteiger partial charge in [-0.05, 0) is 32.1 Å². The molecule has 0 saturated carbocycles. The molecule has 2 amide bonds. The molecule has 0 aromatic carbocycles. The Kier molecular flexibility index (Phi) is 5.73. The Morgan fingerprint density at radius 3 is 3.00 bits per heavy atom. The minimum atomic E-state index is 0.0810. The molecule has 0 aliphatic carbocycles. The third kappa shape index (κ3) is 4.21. The highest BCUT2D eigenvalue weighted by atomic mass is 16.5. The molecule has 2 fully saturated rings. The van der Waals surface area contributed by atoms with E-state index >= 15 is 0 Å². The fourth-order valence-electron chi connectivity index (χ4n) is 4.01. The van der Waals surface area contributed by atoms with Crippen LogP contribution in [-0.2, 0) is 20.7 Å². The second-order valence-corrected chi connectivity index (χ2v) is 7.04. The molecule has 3 heterocycles. The zero-order valence-corrected chi connectivity index (χ0v) is 15.1. The van der Waals surface area contributed by atoms with Crippen LogP contribution in [0.3, 0.4) is 0 Å². The maximum Gasteiger partial charge on any atom is 0.230 e. The molecule has 0 spiro atoms. The Morgan fingerprint density at radius 1 is 1.44 bits per heavy atom. The van der Waals surface area contributed by atoms with Gasteiger partial charge in [0.15, 0.2) is 0 Å². The van der Waals surface area contributed by atoms with E-state index in [2.05, 4.69) is 5.16 Å². The lowest BCUT2D eigenvalue weighted by Gasteiger charge is -2.47. The second-order valence-electron chi connectivity index (χ2n) is 7.04. The number of carbonyl (C=O) groups excluding carboxylic acids is 2. The zero-order valence-electron chi connectivity index (χ0n) is 15.1. The Labute approximate surface area is 148 Å². The van der Waals surface area contributed by atoms with Gasteiger partial charge >= 0.3 is 0 Å². The first-order chi connectivity index (χ1) is 12.1. The first-order valence-corrected chi connectivity index (χ1v) is 9.07. The van der Waals surface area contributed by atoms with Crippen molar-refractivity contribution in [1.82, 2.24) is 15.0 Å². The van der Waals surface area contributed by atoms with Crippen LogP contribution in [0.2, 0.25) is 0 Å². The average molecular weight is 349 g/mol. The van der Waals surface area contributed by atoms with Gasteiger partial charge in [0, 0.05) is 51.9 Å².